The molecule has 0 spiro atoms. The van der Waals surface area contributed by atoms with Crippen LogP contribution in [0.15, 0.2) is 30.3 Å². The van der Waals surface area contributed by atoms with Crippen molar-refractivity contribution in [3.8, 4) is 0 Å². The second-order valence-corrected chi connectivity index (χ2v) is 13.6. The van der Waals surface area contributed by atoms with Crippen LogP contribution in [-0.2, 0) is 44.6 Å². The molecule has 0 saturated carbocycles. The highest BCUT2D eigenvalue weighted by Crippen LogP contribution is 2.29. The van der Waals surface area contributed by atoms with Crippen molar-refractivity contribution >= 4 is 29.4 Å². The van der Waals surface area contributed by atoms with Crippen molar-refractivity contribution in [2.75, 3.05) is 46.1 Å². The van der Waals surface area contributed by atoms with E-state index in [4.69, 9.17) is 9.47 Å². The number of morpholine rings is 1. The van der Waals surface area contributed by atoms with E-state index in [0.29, 0.717) is 32.7 Å². The number of carbonyl (C=O) groups is 5. The molecule has 2 aliphatic heterocycles. The molecule has 0 aromatic heterocycles. The van der Waals surface area contributed by atoms with Gasteiger partial charge in [-0.05, 0) is 37.2 Å². The lowest BCUT2D eigenvalue weighted by Crippen LogP contribution is -2.59. The predicted molar refractivity (Wildman–Crippen MR) is 175 cm³/mol. The Morgan fingerprint density at radius 3 is 1.92 bits per heavy atom. The zero-order chi connectivity index (χ0) is 36.1. The van der Waals surface area contributed by atoms with Gasteiger partial charge >= 0.3 is 6.61 Å². The second kappa shape index (κ2) is 19.0. The molecular weight excluding hydrogens is 644 g/mol. The van der Waals surface area contributed by atoms with Crippen LogP contribution in [0.4, 0.5) is 8.78 Å². The summed E-state index contributed by atoms with van der Waals surface area (Å²) >= 11 is 0. The molecule has 274 valence electrons. The number of alkyl halides is 2. The van der Waals surface area contributed by atoms with Gasteiger partial charge in [0.05, 0.1) is 39.0 Å². The molecule has 2 aliphatic rings. The quantitative estimate of drug-likeness (QED) is 0.147. The van der Waals surface area contributed by atoms with E-state index in [-0.39, 0.29) is 43.6 Å². The Bertz CT molecular complexity index is 1260. The van der Waals surface area contributed by atoms with Crippen LogP contribution in [-0.4, -0.2) is 117 Å². The topological polar surface area (TPSA) is 168 Å². The van der Waals surface area contributed by atoms with Gasteiger partial charge in [-0.1, -0.05) is 58.0 Å². The van der Waals surface area contributed by atoms with Crippen LogP contribution >= 0.6 is 0 Å². The molecular formula is C34H51F2N5O8. The molecule has 2 saturated heterocycles. The van der Waals surface area contributed by atoms with Crippen molar-refractivity contribution in [3.63, 3.8) is 0 Å². The van der Waals surface area contributed by atoms with E-state index in [1.165, 1.54) is 0 Å². The largest absolute Gasteiger partial charge is 0.379 e. The van der Waals surface area contributed by atoms with Crippen molar-refractivity contribution in [3.05, 3.63) is 35.9 Å². The smallest absolute Gasteiger partial charge is 0.345 e. The molecule has 2 fully saturated rings. The van der Waals surface area contributed by atoms with Crippen LogP contribution in [0, 0.1) is 11.8 Å². The first kappa shape index (κ1) is 39.9. The van der Waals surface area contributed by atoms with Crippen LogP contribution in [0.2, 0.25) is 0 Å². The van der Waals surface area contributed by atoms with E-state index in [1.807, 2.05) is 33.8 Å². The number of rotatable bonds is 20. The SMILES string of the molecule is CC(C)C[C@H](NC(=O)[C@H](COC(F)F)NC(=O)CN1CCOCC1)C(=O)N[C@@H](Cc1ccccc1)C(=O)N[C@@H](CC(C)C)C(=O)[C@]1(C)CO1. The van der Waals surface area contributed by atoms with Crippen LogP contribution in [0.5, 0.6) is 0 Å². The van der Waals surface area contributed by atoms with Crippen LogP contribution in [0.3, 0.4) is 0 Å². The molecule has 0 bridgehead atoms. The first-order chi connectivity index (χ1) is 23.2. The molecule has 1 aromatic rings. The van der Waals surface area contributed by atoms with E-state index in [2.05, 4.69) is 26.0 Å². The average molecular weight is 696 g/mol. The van der Waals surface area contributed by atoms with Gasteiger partial charge in [-0.3, -0.25) is 28.9 Å². The molecule has 0 radical (unpaired) electrons. The standard InChI is InChI=1S/C34H51F2N5O8/c1-21(2)15-24(29(43)34(5)20-49-34)38-31(45)26(17-23-9-7-6-8-10-23)40-30(44)25(16-22(3)4)39-32(46)27(19-48-33(35)36)37-28(42)18-41-11-13-47-14-12-41/h6-10,21-22,24-27,33H,11-20H2,1-5H3,(H,37,42)(H,38,45)(H,39,46)(H,40,44)/t24-,25-,26-,27-,34-/m0/s1. The fraction of sp³-hybridized carbons (Fsp3) is 0.676. The third-order valence-corrected chi connectivity index (χ3v) is 8.21. The molecule has 3 rings (SSSR count). The van der Waals surface area contributed by atoms with Gasteiger partial charge in [0, 0.05) is 19.5 Å². The van der Waals surface area contributed by atoms with Gasteiger partial charge in [-0.2, -0.15) is 8.78 Å². The summed E-state index contributed by atoms with van der Waals surface area (Å²) in [6.07, 6.45) is 0.575. The Labute approximate surface area is 286 Å². The molecule has 13 nitrogen and oxygen atoms in total. The Kier molecular flexibility index (Phi) is 15.5. The van der Waals surface area contributed by atoms with Crippen molar-refractivity contribution in [1.82, 2.24) is 26.2 Å². The minimum Gasteiger partial charge on any atom is -0.379 e. The van der Waals surface area contributed by atoms with Gasteiger partial charge < -0.3 is 35.5 Å². The number of Topliss-reactive ketones (excluding diaryl/α,β-unsaturated/α-hetero) is 1. The number of ether oxygens (including phenoxy) is 3. The van der Waals surface area contributed by atoms with Crippen molar-refractivity contribution in [2.24, 2.45) is 11.8 Å². The molecule has 4 N–H and O–H groups in total. The number of nitrogens with zero attached hydrogens (tertiary/aromatic N) is 1. The zero-order valence-electron chi connectivity index (χ0n) is 29.0. The van der Waals surface area contributed by atoms with E-state index >= 15 is 0 Å². The van der Waals surface area contributed by atoms with E-state index in [0.717, 1.165) is 5.56 Å². The summed E-state index contributed by atoms with van der Waals surface area (Å²) in [6.45, 7) is 7.17. The average Bonchev–Trinajstić information content (AvgIpc) is 3.80. The summed E-state index contributed by atoms with van der Waals surface area (Å²) in [5.74, 6) is -3.07. The number of halogens is 2. The molecule has 2 heterocycles. The molecule has 0 aliphatic carbocycles. The van der Waals surface area contributed by atoms with Crippen molar-refractivity contribution in [2.45, 2.75) is 90.3 Å². The highest BCUT2D eigenvalue weighted by molar-refractivity contribution is 5.98. The first-order valence-electron chi connectivity index (χ1n) is 16.8. The normalized spacial score (nSPS) is 20.3. The molecule has 0 unspecified atom stereocenters. The van der Waals surface area contributed by atoms with Crippen LogP contribution < -0.4 is 21.3 Å². The van der Waals surface area contributed by atoms with Crippen molar-refractivity contribution < 1.29 is 47.0 Å². The summed E-state index contributed by atoms with van der Waals surface area (Å²) in [5.41, 5.74) is -0.233. The summed E-state index contributed by atoms with van der Waals surface area (Å²) < 4.78 is 41.0. The van der Waals surface area contributed by atoms with Gasteiger partial charge in [-0.15, -0.1) is 0 Å². The third kappa shape index (κ3) is 13.7. The number of carbonyl (C=O) groups excluding carboxylic acids is 5. The third-order valence-electron chi connectivity index (χ3n) is 8.21. The Morgan fingerprint density at radius 2 is 1.35 bits per heavy atom. The summed E-state index contributed by atoms with van der Waals surface area (Å²) in [7, 11) is 0. The first-order valence-corrected chi connectivity index (χ1v) is 16.8. The maximum absolute atomic E-state index is 13.8. The number of hydrogen-bond donors (Lipinski definition) is 4. The minimum atomic E-state index is -3.20. The maximum atomic E-state index is 13.8. The highest BCUT2D eigenvalue weighted by atomic mass is 19.3. The molecule has 49 heavy (non-hydrogen) atoms. The molecule has 5 atom stereocenters. The number of ketones is 1. The predicted octanol–water partition coefficient (Wildman–Crippen LogP) is 1.19. The van der Waals surface area contributed by atoms with Gasteiger partial charge in [0.25, 0.3) is 0 Å². The monoisotopic (exact) mass is 695 g/mol. The fourth-order valence-corrected chi connectivity index (χ4v) is 5.46. The van der Waals surface area contributed by atoms with Crippen LogP contribution in [0.25, 0.3) is 0 Å². The molecule has 1 aromatic carbocycles. The number of nitrogens with one attached hydrogen (secondary N) is 4. The summed E-state index contributed by atoms with van der Waals surface area (Å²) in [6, 6.07) is 4.27. The van der Waals surface area contributed by atoms with E-state index < -0.39 is 66.6 Å². The summed E-state index contributed by atoms with van der Waals surface area (Å²) in [4.78, 5) is 68.8. The lowest BCUT2D eigenvalue weighted by Gasteiger charge is -2.29. The second-order valence-electron chi connectivity index (χ2n) is 13.6. The van der Waals surface area contributed by atoms with E-state index in [1.54, 1.807) is 36.1 Å². The number of amides is 4. The maximum Gasteiger partial charge on any atom is 0.345 e. The highest BCUT2D eigenvalue weighted by Gasteiger charge is 2.50. The summed E-state index contributed by atoms with van der Waals surface area (Å²) in [5, 5.41) is 10.6. The van der Waals surface area contributed by atoms with Gasteiger partial charge in [0.15, 0.2) is 5.78 Å². The fourth-order valence-electron chi connectivity index (χ4n) is 5.46. The van der Waals surface area contributed by atoms with Crippen LogP contribution in [0.1, 0.15) is 53.0 Å². The Hall–Kier alpha value is -3.53. The van der Waals surface area contributed by atoms with Crippen molar-refractivity contribution in [1.29, 1.82) is 0 Å². The Balaban J connectivity index is 1.78. The number of epoxide rings is 1. The van der Waals surface area contributed by atoms with Gasteiger partial charge in [0.2, 0.25) is 23.6 Å². The number of benzene rings is 1. The number of hydrogen-bond acceptors (Lipinski definition) is 9. The lowest BCUT2D eigenvalue weighted by atomic mass is 9.93. The van der Waals surface area contributed by atoms with E-state index in [9.17, 15) is 32.8 Å². The minimum absolute atomic E-state index is 0.0701. The van der Waals surface area contributed by atoms with Gasteiger partial charge in [0.1, 0.15) is 23.7 Å². The zero-order valence-corrected chi connectivity index (χ0v) is 29.0. The lowest BCUT2D eigenvalue weighted by molar-refractivity contribution is -0.148. The molecule has 4 amide bonds. The Morgan fingerprint density at radius 1 is 0.816 bits per heavy atom. The molecule has 15 heteroatoms. The van der Waals surface area contributed by atoms with Gasteiger partial charge in [-0.25, -0.2) is 0 Å².